The first-order valence-electron chi connectivity index (χ1n) is 6.93. The molecule has 0 aromatic carbocycles. The summed E-state index contributed by atoms with van der Waals surface area (Å²) in [6, 6.07) is 0.463. The number of aromatic nitrogens is 2. The van der Waals surface area contributed by atoms with E-state index in [-0.39, 0.29) is 12.4 Å². The molecule has 0 radical (unpaired) electrons. The average molecular weight is 409 g/mol. The molecule has 5 atom stereocenters. The van der Waals surface area contributed by atoms with Crippen LogP contribution in [0.5, 0.6) is 0 Å². The van der Waals surface area contributed by atoms with E-state index in [0.717, 1.165) is 4.57 Å². The molecule has 11 nitrogen and oxygen atoms in total. The SMILES string of the molecule is N[C@H](C[SeH])C(=O)OC[C@H]1O[C@@H](n2ccc(NO)nc2=O)[C@H](O)[C@@H]1O. The van der Waals surface area contributed by atoms with E-state index in [2.05, 4.69) is 21.0 Å². The molecule has 0 aliphatic carbocycles. The predicted molar refractivity (Wildman–Crippen MR) is 80.7 cm³/mol. The second-order valence-electron chi connectivity index (χ2n) is 5.08. The minimum atomic E-state index is -1.43. The monoisotopic (exact) mass is 410 g/mol. The van der Waals surface area contributed by atoms with Gasteiger partial charge in [-0.15, -0.1) is 0 Å². The summed E-state index contributed by atoms with van der Waals surface area (Å²) < 4.78 is 11.3. The first-order valence-corrected chi connectivity index (χ1v) is 8.25. The van der Waals surface area contributed by atoms with Gasteiger partial charge in [0.1, 0.15) is 0 Å². The van der Waals surface area contributed by atoms with Gasteiger partial charge in [0.2, 0.25) is 0 Å². The molecule has 2 heterocycles. The van der Waals surface area contributed by atoms with Gasteiger partial charge >= 0.3 is 133 Å². The van der Waals surface area contributed by atoms with E-state index in [9.17, 15) is 19.8 Å². The summed E-state index contributed by atoms with van der Waals surface area (Å²) in [5.74, 6) is -0.747. The van der Waals surface area contributed by atoms with Gasteiger partial charge in [-0.1, -0.05) is 0 Å². The third-order valence-corrected chi connectivity index (χ3v) is 4.27. The molecule has 1 aliphatic rings. The van der Waals surface area contributed by atoms with Gasteiger partial charge < -0.3 is 0 Å². The Hall–Kier alpha value is -1.53. The Bertz CT molecular complexity index is 642. The summed E-state index contributed by atoms with van der Waals surface area (Å²) in [6.07, 6.45) is -3.83. The molecule has 6 N–H and O–H groups in total. The van der Waals surface area contributed by atoms with Crippen molar-refractivity contribution in [3.05, 3.63) is 22.7 Å². The molecule has 1 saturated heterocycles. The van der Waals surface area contributed by atoms with Crippen LogP contribution < -0.4 is 16.9 Å². The van der Waals surface area contributed by atoms with E-state index in [4.69, 9.17) is 20.4 Å². The van der Waals surface area contributed by atoms with Crippen molar-refractivity contribution in [2.75, 3.05) is 12.1 Å². The van der Waals surface area contributed by atoms with Crippen LogP contribution in [0.3, 0.4) is 0 Å². The number of aliphatic hydroxyl groups excluding tert-OH is 2. The van der Waals surface area contributed by atoms with E-state index in [1.165, 1.54) is 12.3 Å². The third-order valence-electron chi connectivity index (χ3n) is 3.45. The Labute approximate surface area is 144 Å². The van der Waals surface area contributed by atoms with E-state index in [0.29, 0.717) is 5.32 Å². The number of rotatable bonds is 6. The summed E-state index contributed by atoms with van der Waals surface area (Å²) in [7, 11) is 0. The second-order valence-corrected chi connectivity index (χ2v) is 5.85. The van der Waals surface area contributed by atoms with Crippen molar-refractivity contribution in [2.24, 2.45) is 5.73 Å². The van der Waals surface area contributed by atoms with Gasteiger partial charge in [-0.2, -0.15) is 0 Å². The van der Waals surface area contributed by atoms with E-state index < -0.39 is 42.2 Å². The third kappa shape index (κ3) is 3.92. The Kier molecular flexibility index (Phi) is 6.29. The quantitative estimate of drug-likeness (QED) is 0.184. The molecule has 2 rings (SSSR count). The predicted octanol–water partition coefficient (Wildman–Crippen LogP) is -3.15. The van der Waals surface area contributed by atoms with Crippen molar-refractivity contribution in [1.29, 1.82) is 0 Å². The summed E-state index contributed by atoms with van der Waals surface area (Å²) in [6.45, 7) is -0.327. The van der Waals surface area contributed by atoms with Gasteiger partial charge in [0, 0.05) is 0 Å². The summed E-state index contributed by atoms with van der Waals surface area (Å²) >= 11 is 2.16. The zero-order chi connectivity index (χ0) is 17.9. The van der Waals surface area contributed by atoms with Gasteiger partial charge in [-0.3, -0.25) is 10.7 Å². The summed E-state index contributed by atoms with van der Waals surface area (Å²) in [5.41, 5.74) is 6.41. The molecule has 0 bridgehead atoms. The van der Waals surface area contributed by atoms with Gasteiger partial charge in [0.05, 0.1) is 0 Å². The van der Waals surface area contributed by atoms with Crippen LogP contribution in [-0.4, -0.2) is 77.9 Å². The number of nitrogens with zero attached hydrogens (tertiary/aromatic N) is 2. The Morgan fingerprint density at radius 3 is 2.83 bits per heavy atom. The Balaban J connectivity index is 2.07. The zero-order valence-corrected chi connectivity index (χ0v) is 14.2. The number of esters is 1. The molecule has 0 saturated carbocycles. The van der Waals surface area contributed by atoms with Crippen LogP contribution in [0.15, 0.2) is 17.1 Å². The maximum absolute atomic E-state index is 11.9. The zero-order valence-electron chi connectivity index (χ0n) is 12.3. The molecule has 0 unspecified atom stereocenters. The summed E-state index contributed by atoms with van der Waals surface area (Å²) in [4.78, 5) is 26.9. The van der Waals surface area contributed by atoms with Crippen LogP contribution in [0.4, 0.5) is 5.82 Å². The van der Waals surface area contributed by atoms with Crippen molar-refractivity contribution in [2.45, 2.75) is 35.9 Å². The van der Waals surface area contributed by atoms with Crippen molar-refractivity contribution in [1.82, 2.24) is 9.55 Å². The fraction of sp³-hybridized carbons (Fsp3) is 0.583. The molecule has 1 aromatic rings. The molecule has 1 fully saturated rings. The molecular formula is C12H18N4O7Se. The van der Waals surface area contributed by atoms with Crippen LogP contribution in [0, 0.1) is 0 Å². The fourth-order valence-corrected chi connectivity index (χ4v) is 2.42. The van der Waals surface area contributed by atoms with Crippen LogP contribution in [0.1, 0.15) is 6.23 Å². The minimum absolute atomic E-state index is 0.0817. The number of ether oxygens (including phenoxy) is 2. The van der Waals surface area contributed by atoms with Crippen LogP contribution in [0.25, 0.3) is 0 Å². The molecule has 1 aliphatic heterocycles. The maximum atomic E-state index is 11.9. The van der Waals surface area contributed by atoms with Crippen molar-refractivity contribution >= 4 is 27.8 Å². The first-order chi connectivity index (χ1) is 11.4. The number of nitrogens with one attached hydrogen (secondary N) is 1. The second kappa shape index (κ2) is 8.03. The van der Waals surface area contributed by atoms with Crippen LogP contribution >= 0.6 is 0 Å². The number of hydrogen-bond donors (Lipinski definition) is 5. The number of aliphatic hydroxyl groups is 2. The van der Waals surface area contributed by atoms with Crippen molar-refractivity contribution < 1.29 is 29.7 Å². The van der Waals surface area contributed by atoms with Gasteiger partial charge in [-0.25, -0.2) is 0 Å². The molecule has 134 valence electrons. The van der Waals surface area contributed by atoms with Crippen molar-refractivity contribution in [3.8, 4) is 0 Å². The molecule has 1 aromatic heterocycles. The molecule has 12 heteroatoms. The summed E-state index contributed by atoms with van der Waals surface area (Å²) in [5, 5.41) is 29.1. The van der Waals surface area contributed by atoms with Crippen molar-refractivity contribution in [3.63, 3.8) is 0 Å². The van der Waals surface area contributed by atoms with E-state index in [1.54, 1.807) is 5.48 Å². The molecule has 24 heavy (non-hydrogen) atoms. The standard InChI is InChI=1S/C12H18N4O7Se/c13-5(4-24)11(19)22-3-6-8(17)9(18)10(23-6)16-2-1-7(15-21)14-12(16)20/h1-2,5-6,8-10,17-18,21,24H,3-4,13H2,(H,14,15,20)/t5-,6-,8-,9-,10-/m1/s1. The topological polar surface area (TPSA) is 169 Å². The van der Waals surface area contributed by atoms with E-state index in [1.807, 2.05) is 0 Å². The van der Waals surface area contributed by atoms with Crippen LogP contribution in [-0.2, 0) is 14.3 Å². The fourth-order valence-electron chi connectivity index (χ4n) is 2.11. The number of carbonyl (C=O) groups is 1. The Morgan fingerprint density at radius 2 is 2.25 bits per heavy atom. The molecular weight excluding hydrogens is 391 g/mol. The first kappa shape index (κ1) is 18.8. The van der Waals surface area contributed by atoms with Gasteiger partial charge in [0.25, 0.3) is 0 Å². The molecule has 0 amide bonds. The normalized spacial score (nSPS) is 27.7. The van der Waals surface area contributed by atoms with Gasteiger partial charge in [0.15, 0.2) is 0 Å². The number of nitrogens with two attached hydrogens (primary N) is 1. The number of hydrogen-bond acceptors (Lipinski definition) is 10. The van der Waals surface area contributed by atoms with Crippen LogP contribution in [0.2, 0.25) is 5.32 Å². The Morgan fingerprint density at radius 1 is 1.54 bits per heavy atom. The van der Waals surface area contributed by atoms with Gasteiger partial charge in [-0.05, 0) is 0 Å². The molecule has 0 spiro atoms. The number of carbonyl (C=O) groups excluding carboxylic acids is 1. The average Bonchev–Trinajstić information content (AvgIpc) is 2.86. The number of anilines is 1. The van der Waals surface area contributed by atoms with E-state index >= 15 is 0 Å².